The molecule has 0 N–H and O–H groups in total. The van der Waals surface area contributed by atoms with Crippen LogP contribution in [0.2, 0.25) is 0 Å². The van der Waals surface area contributed by atoms with Crippen molar-refractivity contribution in [3.8, 4) is 0 Å². The Bertz CT molecular complexity index is 500. The molecule has 1 heterocycles. The highest BCUT2D eigenvalue weighted by Gasteiger charge is 2.37. The van der Waals surface area contributed by atoms with Gasteiger partial charge in [-0.2, -0.15) is 0 Å². The van der Waals surface area contributed by atoms with Crippen LogP contribution in [0.25, 0.3) is 0 Å². The third-order valence-corrected chi connectivity index (χ3v) is 5.73. The first-order valence-corrected chi connectivity index (χ1v) is 8.04. The Hall–Kier alpha value is -0.830. The molecule has 2 nitrogen and oxygen atoms in total. The van der Waals surface area contributed by atoms with E-state index in [0.29, 0.717) is 6.04 Å². The van der Waals surface area contributed by atoms with Crippen LogP contribution in [-0.2, 0) is 0 Å². The second kappa shape index (κ2) is 5.28. The molecule has 2 fully saturated rings. The summed E-state index contributed by atoms with van der Waals surface area (Å²) in [5, 5.41) is 0. The van der Waals surface area contributed by atoms with Crippen LogP contribution in [-0.4, -0.2) is 23.4 Å². The van der Waals surface area contributed by atoms with Gasteiger partial charge in [0, 0.05) is 17.1 Å². The van der Waals surface area contributed by atoms with Crippen molar-refractivity contribution in [2.45, 2.75) is 45.1 Å². The number of carbonyl (C=O) groups excluding carboxylic acids is 1. The number of fused-ring (bicyclic) bond motifs is 1. The Balaban J connectivity index is 1.88. The summed E-state index contributed by atoms with van der Waals surface area (Å²) < 4.78 is 0.958. The summed E-state index contributed by atoms with van der Waals surface area (Å²) in [7, 11) is 0. The first kappa shape index (κ1) is 13.2. The maximum atomic E-state index is 12.8. The van der Waals surface area contributed by atoms with Crippen LogP contribution in [0.1, 0.15) is 48.0 Å². The summed E-state index contributed by atoms with van der Waals surface area (Å²) in [4.78, 5) is 15.0. The molecule has 1 aromatic carbocycles. The van der Waals surface area contributed by atoms with Crippen LogP contribution in [0, 0.1) is 12.8 Å². The zero-order valence-electron chi connectivity index (χ0n) is 11.4. The van der Waals surface area contributed by atoms with Gasteiger partial charge in [-0.15, -0.1) is 0 Å². The fourth-order valence-electron chi connectivity index (χ4n) is 3.67. The third-order valence-electron chi connectivity index (χ3n) is 4.68. The van der Waals surface area contributed by atoms with E-state index in [-0.39, 0.29) is 5.91 Å². The van der Waals surface area contributed by atoms with E-state index in [4.69, 9.17) is 0 Å². The molecule has 2 aliphatic rings. The molecule has 3 rings (SSSR count). The molecule has 2 atom stereocenters. The minimum absolute atomic E-state index is 0.215. The van der Waals surface area contributed by atoms with Gasteiger partial charge in [-0.1, -0.05) is 18.6 Å². The van der Waals surface area contributed by atoms with E-state index in [0.717, 1.165) is 34.5 Å². The van der Waals surface area contributed by atoms with Gasteiger partial charge < -0.3 is 4.90 Å². The number of likely N-dealkylation sites (tertiary alicyclic amines) is 1. The Labute approximate surface area is 123 Å². The van der Waals surface area contributed by atoms with Crippen molar-refractivity contribution >= 4 is 21.8 Å². The van der Waals surface area contributed by atoms with E-state index in [2.05, 4.69) is 20.8 Å². The van der Waals surface area contributed by atoms with Gasteiger partial charge in [0.1, 0.15) is 0 Å². The number of aryl methyl sites for hydroxylation is 1. The average Bonchev–Trinajstić information content (AvgIpc) is 2.89. The lowest BCUT2D eigenvalue weighted by atomic mass is 9.91. The molecule has 1 saturated heterocycles. The minimum Gasteiger partial charge on any atom is -0.335 e. The van der Waals surface area contributed by atoms with E-state index in [1.165, 1.54) is 25.7 Å². The van der Waals surface area contributed by atoms with Gasteiger partial charge >= 0.3 is 0 Å². The van der Waals surface area contributed by atoms with Gasteiger partial charge in [-0.3, -0.25) is 4.79 Å². The van der Waals surface area contributed by atoms with Crippen LogP contribution in [0.5, 0.6) is 0 Å². The van der Waals surface area contributed by atoms with Gasteiger partial charge in [0.05, 0.1) is 5.56 Å². The summed E-state index contributed by atoms with van der Waals surface area (Å²) in [5.41, 5.74) is 1.96. The van der Waals surface area contributed by atoms with Crippen LogP contribution in [0.3, 0.4) is 0 Å². The number of piperidine rings is 1. The van der Waals surface area contributed by atoms with Gasteiger partial charge in [0.2, 0.25) is 0 Å². The van der Waals surface area contributed by atoms with Crippen LogP contribution in [0.15, 0.2) is 22.7 Å². The van der Waals surface area contributed by atoms with Crippen LogP contribution in [0.4, 0.5) is 0 Å². The predicted molar refractivity (Wildman–Crippen MR) is 80.3 cm³/mol. The maximum Gasteiger partial charge on any atom is 0.255 e. The quantitative estimate of drug-likeness (QED) is 0.760. The van der Waals surface area contributed by atoms with Gasteiger partial charge in [-0.05, 0) is 66.1 Å². The third kappa shape index (κ3) is 2.33. The Morgan fingerprint density at radius 2 is 2.05 bits per heavy atom. The van der Waals surface area contributed by atoms with Crippen molar-refractivity contribution in [3.63, 3.8) is 0 Å². The molecule has 1 aromatic rings. The minimum atomic E-state index is 0.215. The highest BCUT2D eigenvalue weighted by molar-refractivity contribution is 9.10. The summed E-state index contributed by atoms with van der Waals surface area (Å²) in [6, 6.07) is 6.45. The summed E-state index contributed by atoms with van der Waals surface area (Å²) in [5.74, 6) is 0.966. The molecule has 1 aliphatic carbocycles. The molecule has 0 spiro atoms. The Morgan fingerprint density at radius 3 is 2.89 bits per heavy atom. The first-order valence-electron chi connectivity index (χ1n) is 7.24. The lowest BCUT2D eigenvalue weighted by Crippen LogP contribution is -2.46. The number of halogens is 1. The monoisotopic (exact) mass is 321 g/mol. The fourth-order valence-corrected chi connectivity index (χ4v) is 4.11. The molecule has 0 bridgehead atoms. The topological polar surface area (TPSA) is 20.3 Å². The highest BCUT2D eigenvalue weighted by Crippen LogP contribution is 2.38. The second-order valence-electron chi connectivity index (χ2n) is 5.84. The average molecular weight is 322 g/mol. The number of carbonyl (C=O) groups is 1. The number of nitrogens with zero attached hydrogens (tertiary/aromatic N) is 1. The second-order valence-corrected chi connectivity index (χ2v) is 6.63. The number of hydrogen-bond donors (Lipinski definition) is 0. The maximum absolute atomic E-state index is 12.8. The van der Waals surface area contributed by atoms with E-state index in [1.54, 1.807) is 0 Å². The largest absolute Gasteiger partial charge is 0.335 e. The normalized spacial score (nSPS) is 26.3. The van der Waals surface area contributed by atoms with Crippen LogP contribution >= 0.6 is 15.9 Å². The van der Waals surface area contributed by atoms with Crippen molar-refractivity contribution in [2.75, 3.05) is 6.54 Å². The number of rotatable bonds is 1. The van der Waals surface area contributed by atoms with Crippen molar-refractivity contribution in [1.29, 1.82) is 0 Å². The van der Waals surface area contributed by atoms with E-state index < -0.39 is 0 Å². The van der Waals surface area contributed by atoms with Gasteiger partial charge in [-0.25, -0.2) is 0 Å². The number of hydrogen-bond acceptors (Lipinski definition) is 1. The standard InChI is InChI=1S/C16H20BrNO/c1-11-5-2-8-13(15(11)17)16(19)18-10-4-7-12-6-3-9-14(12)18/h2,5,8,12,14H,3-4,6-7,9-10H2,1H3. The molecule has 1 amide bonds. The zero-order chi connectivity index (χ0) is 13.4. The molecule has 3 heteroatoms. The molecule has 2 unspecified atom stereocenters. The van der Waals surface area contributed by atoms with Gasteiger partial charge in [0.15, 0.2) is 0 Å². The lowest BCUT2D eigenvalue weighted by molar-refractivity contribution is 0.0547. The SMILES string of the molecule is Cc1cccc(C(=O)N2CCCC3CCCC32)c1Br. The first-order chi connectivity index (χ1) is 9.18. The van der Waals surface area contributed by atoms with Crippen molar-refractivity contribution in [2.24, 2.45) is 5.92 Å². The summed E-state index contributed by atoms with van der Waals surface area (Å²) in [6.07, 6.45) is 6.26. The molecular weight excluding hydrogens is 302 g/mol. The molecule has 1 aliphatic heterocycles. The highest BCUT2D eigenvalue weighted by atomic mass is 79.9. The van der Waals surface area contributed by atoms with Crippen molar-refractivity contribution in [3.05, 3.63) is 33.8 Å². The lowest BCUT2D eigenvalue weighted by Gasteiger charge is -2.38. The summed E-state index contributed by atoms with van der Waals surface area (Å²) >= 11 is 3.57. The summed E-state index contributed by atoms with van der Waals surface area (Å²) in [6.45, 7) is 2.97. The Kier molecular flexibility index (Phi) is 3.66. The molecular formula is C16H20BrNO. The molecule has 19 heavy (non-hydrogen) atoms. The molecule has 1 saturated carbocycles. The zero-order valence-corrected chi connectivity index (χ0v) is 12.9. The van der Waals surface area contributed by atoms with Crippen molar-refractivity contribution < 1.29 is 4.79 Å². The number of amides is 1. The van der Waals surface area contributed by atoms with Crippen molar-refractivity contribution in [1.82, 2.24) is 4.90 Å². The number of benzene rings is 1. The van der Waals surface area contributed by atoms with Gasteiger partial charge in [0.25, 0.3) is 5.91 Å². The van der Waals surface area contributed by atoms with E-state index >= 15 is 0 Å². The fraction of sp³-hybridized carbons (Fsp3) is 0.562. The predicted octanol–water partition coefficient (Wildman–Crippen LogP) is 4.16. The molecule has 0 aromatic heterocycles. The van der Waals surface area contributed by atoms with E-state index in [1.807, 2.05) is 25.1 Å². The molecule has 102 valence electrons. The van der Waals surface area contributed by atoms with Crippen LogP contribution < -0.4 is 0 Å². The van der Waals surface area contributed by atoms with E-state index in [9.17, 15) is 4.79 Å². The Morgan fingerprint density at radius 1 is 1.26 bits per heavy atom. The molecule has 0 radical (unpaired) electrons. The smallest absolute Gasteiger partial charge is 0.255 e.